The highest BCUT2D eigenvalue weighted by molar-refractivity contribution is 8.04. The number of thioether (sulfide) groups is 1. The van der Waals surface area contributed by atoms with Gasteiger partial charge in [-0.2, -0.15) is 0 Å². The number of methoxy groups -OCH3 is 1. The fraction of sp³-hybridized carbons (Fsp3) is 0.444. The highest BCUT2D eigenvalue weighted by Crippen LogP contribution is 2.44. The van der Waals surface area contributed by atoms with E-state index in [1.54, 1.807) is 18.9 Å². The van der Waals surface area contributed by atoms with Gasteiger partial charge in [-0.1, -0.05) is 24.3 Å². The Kier molecular flexibility index (Phi) is 7.00. The van der Waals surface area contributed by atoms with E-state index in [1.165, 1.54) is 0 Å². The van der Waals surface area contributed by atoms with Gasteiger partial charge >= 0.3 is 0 Å². The van der Waals surface area contributed by atoms with Crippen LogP contribution in [0, 0.1) is 5.92 Å². The molecular weight excluding hydrogens is 460 g/mol. The number of anilines is 1. The molecule has 5 rings (SSSR count). The molecule has 0 radical (unpaired) electrons. The molecule has 0 N–H and O–H groups in total. The van der Waals surface area contributed by atoms with Gasteiger partial charge in [0.25, 0.3) is 5.91 Å². The Morgan fingerprint density at radius 2 is 1.86 bits per heavy atom. The van der Waals surface area contributed by atoms with E-state index >= 15 is 0 Å². The van der Waals surface area contributed by atoms with Gasteiger partial charge in [-0.25, -0.2) is 4.98 Å². The van der Waals surface area contributed by atoms with E-state index in [2.05, 4.69) is 9.88 Å². The lowest BCUT2D eigenvalue weighted by Gasteiger charge is -2.45. The van der Waals surface area contributed by atoms with Crippen LogP contribution in [0.15, 0.2) is 53.6 Å². The summed E-state index contributed by atoms with van der Waals surface area (Å²) in [6.45, 7) is 3.03. The number of pyridine rings is 1. The third kappa shape index (κ3) is 4.89. The number of fused-ring (bicyclic) bond motifs is 1. The van der Waals surface area contributed by atoms with Gasteiger partial charge in [-0.3, -0.25) is 9.59 Å². The SMILES string of the molecule is COc1ccccc1/C=C1\SC2CCC(C(=O)N3CCN(c4ccccn4)CC3)CC2N(C)C1=O. The number of amides is 2. The molecule has 2 aromatic rings. The van der Waals surface area contributed by atoms with Crippen LogP contribution in [-0.4, -0.2) is 78.2 Å². The van der Waals surface area contributed by atoms with Gasteiger partial charge < -0.3 is 19.4 Å². The Labute approximate surface area is 211 Å². The number of likely N-dealkylation sites (N-methyl/N-ethyl adjacent to an activating group) is 1. The summed E-state index contributed by atoms with van der Waals surface area (Å²) in [5.41, 5.74) is 0.909. The zero-order chi connectivity index (χ0) is 24.4. The van der Waals surface area contributed by atoms with Crippen molar-refractivity contribution < 1.29 is 14.3 Å². The largest absolute Gasteiger partial charge is 0.496 e. The Hall–Kier alpha value is -3.00. The number of rotatable bonds is 4. The zero-order valence-electron chi connectivity index (χ0n) is 20.3. The number of aromatic nitrogens is 1. The number of hydrogen-bond donors (Lipinski definition) is 0. The molecule has 1 aromatic carbocycles. The molecule has 1 saturated carbocycles. The molecule has 3 atom stereocenters. The topological polar surface area (TPSA) is 66.0 Å². The van der Waals surface area contributed by atoms with Crippen molar-refractivity contribution in [2.75, 3.05) is 45.2 Å². The third-order valence-corrected chi connectivity index (χ3v) is 8.80. The minimum absolute atomic E-state index is 0.0201. The van der Waals surface area contributed by atoms with Crippen molar-refractivity contribution in [3.63, 3.8) is 0 Å². The van der Waals surface area contributed by atoms with E-state index in [0.717, 1.165) is 67.5 Å². The number of benzene rings is 1. The Bertz CT molecular complexity index is 1100. The lowest BCUT2D eigenvalue weighted by atomic mass is 9.83. The first-order chi connectivity index (χ1) is 17.0. The average molecular weight is 493 g/mol. The number of carbonyl (C=O) groups excluding carboxylic acids is 2. The van der Waals surface area contributed by atoms with Crippen LogP contribution in [0.3, 0.4) is 0 Å². The van der Waals surface area contributed by atoms with Crippen LogP contribution in [-0.2, 0) is 9.59 Å². The quantitative estimate of drug-likeness (QED) is 0.609. The second-order valence-electron chi connectivity index (χ2n) is 9.40. The first-order valence-electron chi connectivity index (χ1n) is 12.3. The molecule has 0 bridgehead atoms. The molecule has 7 nitrogen and oxygen atoms in total. The predicted octanol–water partition coefficient (Wildman–Crippen LogP) is 3.52. The van der Waals surface area contributed by atoms with Crippen molar-refractivity contribution in [2.24, 2.45) is 5.92 Å². The minimum atomic E-state index is -0.0201. The number of nitrogens with zero attached hydrogens (tertiary/aromatic N) is 4. The van der Waals surface area contributed by atoms with Gasteiger partial charge in [0.2, 0.25) is 5.91 Å². The molecule has 3 unspecified atom stereocenters. The number of para-hydroxylation sites is 1. The molecule has 3 aliphatic rings. The number of hydrogen-bond acceptors (Lipinski definition) is 6. The summed E-state index contributed by atoms with van der Waals surface area (Å²) in [7, 11) is 3.53. The van der Waals surface area contributed by atoms with E-state index < -0.39 is 0 Å². The molecule has 1 aromatic heterocycles. The van der Waals surface area contributed by atoms with Crippen molar-refractivity contribution >= 4 is 35.5 Å². The summed E-state index contributed by atoms with van der Waals surface area (Å²) >= 11 is 1.66. The van der Waals surface area contributed by atoms with Crippen LogP contribution < -0.4 is 9.64 Å². The molecule has 3 heterocycles. The van der Waals surface area contributed by atoms with E-state index in [-0.39, 0.29) is 23.8 Å². The summed E-state index contributed by atoms with van der Waals surface area (Å²) in [6.07, 6.45) is 6.29. The first-order valence-corrected chi connectivity index (χ1v) is 13.2. The second kappa shape index (κ2) is 10.3. The molecular formula is C27H32N4O3S. The maximum Gasteiger partial charge on any atom is 0.260 e. The molecule has 2 saturated heterocycles. The highest BCUT2D eigenvalue weighted by atomic mass is 32.2. The van der Waals surface area contributed by atoms with E-state index in [9.17, 15) is 9.59 Å². The molecule has 184 valence electrons. The second-order valence-corrected chi connectivity index (χ2v) is 10.7. The van der Waals surface area contributed by atoms with Gasteiger partial charge in [0.15, 0.2) is 0 Å². The van der Waals surface area contributed by atoms with Crippen molar-refractivity contribution in [2.45, 2.75) is 30.6 Å². The molecule has 35 heavy (non-hydrogen) atoms. The fourth-order valence-corrected chi connectivity index (χ4v) is 6.87. The number of carbonyl (C=O) groups is 2. The Morgan fingerprint density at radius 3 is 2.60 bits per heavy atom. The number of ether oxygens (including phenoxy) is 1. The molecule has 1 aliphatic carbocycles. The first kappa shape index (κ1) is 23.7. The van der Waals surface area contributed by atoms with Crippen LogP contribution in [0.25, 0.3) is 6.08 Å². The van der Waals surface area contributed by atoms with Gasteiger partial charge in [-0.15, -0.1) is 11.8 Å². The van der Waals surface area contributed by atoms with Gasteiger partial charge in [-0.05, 0) is 43.5 Å². The Balaban J connectivity index is 1.22. The third-order valence-electron chi connectivity index (χ3n) is 7.40. The average Bonchev–Trinajstić information content (AvgIpc) is 2.92. The molecule has 0 spiro atoms. The maximum atomic E-state index is 13.4. The van der Waals surface area contributed by atoms with Crippen LogP contribution in [0.4, 0.5) is 5.82 Å². The van der Waals surface area contributed by atoms with Crippen molar-refractivity contribution in [1.82, 2.24) is 14.8 Å². The van der Waals surface area contributed by atoms with Crippen LogP contribution >= 0.6 is 11.8 Å². The van der Waals surface area contributed by atoms with Crippen molar-refractivity contribution in [3.8, 4) is 5.75 Å². The van der Waals surface area contributed by atoms with E-state index in [4.69, 9.17) is 4.74 Å². The lowest BCUT2D eigenvalue weighted by Crippen LogP contribution is -2.55. The summed E-state index contributed by atoms with van der Waals surface area (Å²) in [5.74, 6) is 1.98. The molecule has 2 aliphatic heterocycles. The molecule has 3 fully saturated rings. The standard InChI is InChI=1S/C27H32N4O3S/c1-29-21-17-20(26(32)31-15-13-30(14-16-31)25-9-5-6-12-28-25)10-11-23(21)35-24(27(29)33)18-19-7-3-4-8-22(19)34-2/h3-9,12,18,20-21,23H,10-11,13-17H2,1-2H3/b24-18-. The number of piperazine rings is 1. The Morgan fingerprint density at radius 1 is 1.09 bits per heavy atom. The predicted molar refractivity (Wildman–Crippen MR) is 139 cm³/mol. The van der Waals surface area contributed by atoms with E-state index in [0.29, 0.717) is 5.25 Å². The summed E-state index contributed by atoms with van der Waals surface area (Å²) < 4.78 is 5.46. The summed E-state index contributed by atoms with van der Waals surface area (Å²) in [5, 5.41) is 0.309. The van der Waals surface area contributed by atoms with Crippen molar-refractivity contribution in [3.05, 3.63) is 59.1 Å². The van der Waals surface area contributed by atoms with Gasteiger partial charge in [0.05, 0.1) is 12.0 Å². The summed E-state index contributed by atoms with van der Waals surface area (Å²) in [6, 6.07) is 13.8. The van der Waals surface area contributed by atoms with Crippen molar-refractivity contribution in [1.29, 1.82) is 0 Å². The smallest absolute Gasteiger partial charge is 0.260 e. The molecule has 2 amide bonds. The monoisotopic (exact) mass is 492 g/mol. The van der Waals surface area contributed by atoms with Gasteiger partial charge in [0.1, 0.15) is 11.6 Å². The minimum Gasteiger partial charge on any atom is -0.496 e. The lowest BCUT2D eigenvalue weighted by molar-refractivity contribution is -0.139. The van der Waals surface area contributed by atoms with Crippen LogP contribution in [0.1, 0.15) is 24.8 Å². The maximum absolute atomic E-state index is 13.4. The van der Waals surface area contributed by atoms with Crippen LogP contribution in [0.5, 0.6) is 5.75 Å². The molecule has 8 heteroatoms. The highest BCUT2D eigenvalue weighted by Gasteiger charge is 2.43. The van der Waals surface area contributed by atoms with Crippen LogP contribution in [0.2, 0.25) is 0 Å². The zero-order valence-corrected chi connectivity index (χ0v) is 21.1. The van der Waals surface area contributed by atoms with Gasteiger partial charge in [0, 0.05) is 62.2 Å². The fourth-order valence-electron chi connectivity index (χ4n) is 5.40. The van der Waals surface area contributed by atoms with E-state index in [1.807, 2.05) is 71.6 Å². The summed E-state index contributed by atoms with van der Waals surface area (Å²) in [4.78, 5) is 37.9. The normalized spacial score (nSPS) is 26.0.